The van der Waals surface area contributed by atoms with Crippen molar-refractivity contribution in [2.45, 2.75) is 13.0 Å². The predicted octanol–water partition coefficient (Wildman–Crippen LogP) is 1.06. The van der Waals surface area contributed by atoms with Crippen LogP contribution >= 0.6 is 0 Å². The molecule has 0 aliphatic carbocycles. The van der Waals surface area contributed by atoms with Crippen LogP contribution in [0.3, 0.4) is 0 Å². The van der Waals surface area contributed by atoms with Gasteiger partial charge in [-0.15, -0.1) is 0 Å². The lowest BCUT2D eigenvalue weighted by atomic mass is 10.2. The molecule has 98 valence electrons. The molecule has 1 aromatic carbocycles. The molecule has 0 radical (unpaired) electrons. The third-order valence-corrected chi connectivity index (χ3v) is 2.97. The number of halogens is 1. The Hall–Kier alpha value is -1.46. The number of carbonyl (C=O) groups excluding carboxylic acids is 1. The van der Waals surface area contributed by atoms with E-state index in [2.05, 4.69) is 22.5 Å². The normalized spacial score (nSPS) is 20.7. The maximum absolute atomic E-state index is 13.4. The van der Waals surface area contributed by atoms with Gasteiger partial charge >= 0.3 is 0 Å². The lowest BCUT2D eigenvalue weighted by Gasteiger charge is -2.31. The quantitative estimate of drug-likeness (QED) is 0.844. The molecule has 1 aliphatic heterocycles. The Labute approximate surface area is 106 Å². The molecule has 1 amide bonds. The highest BCUT2D eigenvalue weighted by atomic mass is 19.1. The second-order valence-corrected chi connectivity index (χ2v) is 4.62. The van der Waals surface area contributed by atoms with Crippen molar-refractivity contribution in [3.63, 3.8) is 0 Å². The predicted molar refractivity (Wildman–Crippen MR) is 68.9 cm³/mol. The van der Waals surface area contributed by atoms with Crippen molar-refractivity contribution in [2.24, 2.45) is 0 Å². The van der Waals surface area contributed by atoms with E-state index in [1.54, 1.807) is 18.2 Å². The standard InChI is InChI=1S/C13H18FN3O/c1-10-8-17(7-6-15-10)9-13(18)16-12-5-3-2-4-11(12)14/h2-5,10,15H,6-9H2,1H3,(H,16,18)/t10-/m0/s1. The highest BCUT2D eigenvalue weighted by Crippen LogP contribution is 2.12. The minimum absolute atomic E-state index is 0.172. The zero-order valence-electron chi connectivity index (χ0n) is 10.4. The van der Waals surface area contributed by atoms with Crippen LogP contribution in [0.2, 0.25) is 0 Å². The van der Waals surface area contributed by atoms with Gasteiger partial charge in [-0.25, -0.2) is 4.39 Å². The fraction of sp³-hybridized carbons (Fsp3) is 0.462. The van der Waals surface area contributed by atoms with Crippen molar-refractivity contribution in [3.8, 4) is 0 Å². The van der Waals surface area contributed by atoms with Gasteiger partial charge in [0.25, 0.3) is 0 Å². The first-order chi connectivity index (χ1) is 8.65. The average molecular weight is 251 g/mol. The van der Waals surface area contributed by atoms with Gasteiger partial charge in [0.2, 0.25) is 5.91 Å². The summed E-state index contributed by atoms with van der Waals surface area (Å²) in [5.74, 6) is -0.575. The highest BCUT2D eigenvalue weighted by molar-refractivity contribution is 5.92. The zero-order valence-corrected chi connectivity index (χ0v) is 10.4. The number of anilines is 1. The van der Waals surface area contributed by atoms with Crippen molar-refractivity contribution in [1.82, 2.24) is 10.2 Å². The molecule has 2 N–H and O–H groups in total. The third kappa shape index (κ3) is 3.51. The van der Waals surface area contributed by atoms with Gasteiger partial charge in [-0.1, -0.05) is 12.1 Å². The summed E-state index contributed by atoms with van der Waals surface area (Å²) in [5, 5.41) is 5.91. The minimum Gasteiger partial charge on any atom is -0.322 e. The molecule has 0 bridgehead atoms. The molecule has 1 heterocycles. The summed E-state index contributed by atoms with van der Waals surface area (Å²) in [6.07, 6.45) is 0. The molecule has 1 atom stereocenters. The molecule has 1 aromatic rings. The van der Waals surface area contributed by atoms with Crippen molar-refractivity contribution in [3.05, 3.63) is 30.1 Å². The summed E-state index contributed by atoms with van der Waals surface area (Å²) < 4.78 is 13.4. The summed E-state index contributed by atoms with van der Waals surface area (Å²) in [7, 11) is 0. The molecule has 1 saturated heterocycles. The largest absolute Gasteiger partial charge is 0.322 e. The Morgan fingerprint density at radius 3 is 3.06 bits per heavy atom. The lowest BCUT2D eigenvalue weighted by molar-refractivity contribution is -0.117. The molecule has 18 heavy (non-hydrogen) atoms. The summed E-state index contributed by atoms with van der Waals surface area (Å²) in [6, 6.07) is 6.59. The van der Waals surface area contributed by atoms with Gasteiger partial charge < -0.3 is 10.6 Å². The number of piperazine rings is 1. The van der Waals surface area contributed by atoms with E-state index in [4.69, 9.17) is 0 Å². The molecule has 2 rings (SSSR count). The Morgan fingerprint density at radius 1 is 1.56 bits per heavy atom. The lowest BCUT2D eigenvalue weighted by Crippen LogP contribution is -2.51. The molecule has 0 aromatic heterocycles. The number of nitrogens with one attached hydrogen (secondary N) is 2. The van der Waals surface area contributed by atoms with Crippen molar-refractivity contribution in [1.29, 1.82) is 0 Å². The molecule has 5 heteroatoms. The number of amides is 1. The first-order valence-corrected chi connectivity index (χ1v) is 6.15. The van der Waals surface area contributed by atoms with Crippen LogP contribution in [0.1, 0.15) is 6.92 Å². The van der Waals surface area contributed by atoms with E-state index in [9.17, 15) is 9.18 Å². The Bertz CT molecular complexity index is 424. The van der Waals surface area contributed by atoms with Gasteiger partial charge in [0.05, 0.1) is 12.2 Å². The molecule has 1 aliphatic rings. The number of nitrogens with zero attached hydrogens (tertiary/aromatic N) is 1. The average Bonchev–Trinajstić information content (AvgIpc) is 2.32. The van der Waals surface area contributed by atoms with E-state index in [1.807, 2.05) is 0 Å². The molecular formula is C13H18FN3O. The monoisotopic (exact) mass is 251 g/mol. The smallest absolute Gasteiger partial charge is 0.238 e. The van der Waals surface area contributed by atoms with Crippen LogP contribution in [-0.4, -0.2) is 43.0 Å². The van der Waals surface area contributed by atoms with E-state index in [0.717, 1.165) is 19.6 Å². The van der Waals surface area contributed by atoms with Crippen LogP contribution in [0.25, 0.3) is 0 Å². The van der Waals surface area contributed by atoms with Gasteiger partial charge in [0.15, 0.2) is 0 Å². The van der Waals surface area contributed by atoms with Crippen LogP contribution in [0.5, 0.6) is 0 Å². The van der Waals surface area contributed by atoms with E-state index < -0.39 is 5.82 Å². The number of carbonyl (C=O) groups is 1. The number of hydrogen-bond acceptors (Lipinski definition) is 3. The zero-order chi connectivity index (χ0) is 13.0. The third-order valence-electron chi connectivity index (χ3n) is 2.97. The Kier molecular flexibility index (Phi) is 4.28. The fourth-order valence-electron chi connectivity index (χ4n) is 2.11. The molecule has 4 nitrogen and oxygen atoms in total. The summed E-state index contributed by atoms with van der Waals surface area (Å²) >= 11 is 0. The van der Waals surface area contributed by atoms with E-state index in [1.165, 1.54) is 6.07 Å². The van der Waals surface area contributed by atoms with E-state index >= 15 is 0 Å². The Morgan fingerprint density at radius 2 is 2.33 bits per heavy atom. The van der Waals surface area contributed by atoms with Crippen LogP contribution < -0.4 is 10.6 Å². The van der Waals surface area contributed by atoms with E-state index in [0.29, 0.717) is 12.6 Å². The van der Waals surface area contributed by atoms with Crippen molar-refractivity contribution in [2.75, 3.05) is 31.5 Å². The number of para-hydroxylation sites is 1. The molecular weight excluding hydrogens is 233 g/mol. The van der Waals surface area contributed by atoms with E-state index in [-0.39, 0.29) is 11.6 Å². The minimum atomic E-state index is -0.403. The number of benzene rings is 1. The van der Waals surface area contributed by atoms with Gasteiger partial charge in [-0.2, -0.15) is 0 Å². The maximum Gasteiger partial charge on any atom is 0.238 e. The van der Waals surface area contributed by atoms with Crippen molar-refractivity contribution < 1.29 is 9.18 Å². The first-order valence-electron chi connectivity index (χ1n) is 6.15. The van der Waals surface area contributed by atoms with Gasteiger partial charge in [0, 0.05) is 25.7 Å². The van der Waals surface area contributed by atoms with Crippen LogP contribution in [0.15, 0.2) is 24.3 Å². The maximum atomic E-state index is 13.4. The summed E-state index contributed by atoms with van der Waals surface area (Å²) in [4.78, 5) is 13.9. The van der Waals surface area contributed by atoms with Gasteiger partial charge in [-0.3, -0.25) is 9.69 Å². The molecule has 0 spiro atoms. The number of hydrogen-bond donors (Lipinski definition) is 2. The fourth-order valence-corrected chi connectivity index (χ4v) is 2.11. The second-order valence-electron chi connectivity index (χ2n) is 4.62. The van der Waals surface area contributed by atoms with Gasteiger partial charge in [-0.05, 0) is 19.1 Å². The summed E-state index contributed by atoms with van der Waals surface area (Å²) in [6.45, 7) is 4.95. The Balaban J connectivity index is 1.87. The van der Waals surface area contributed by atoms with Crippen LogP contribution in [0.4, 0.5) is 10.1 Å². The SMILES string of the molecule is C[C@H]1CN(CC(=O)Nc2ccccc2F)CCN1. The molecule has 0 saturated carbocycles. The molecule has 1 fully saturated rings. The molecule has 0 unspecified atom stereocenters. The van der Waals surface area contributed by atoms with Gasteiger partial charge in [0.1, 0.15) is 5.82 Å². The first kappa shape index (κ1) is 13.0. The van der Waals surface area contributed by atoms with Crippen molar-refractivity contribution >= 4 is 11.6 Å². The summed E-state index contributed by atoms with van der Waals surface area (Å²) in [5.41, 5.74) is 0.241. The van der Waals surface area contributed by atoms with Crippen LogP contribution in [-0.2, 0) is 4.79 Å². The second kappa shape index (κ2) is 5.93. The topological polar surface area (TPSA) is 44.4 Å². The highest BCUT2D eigenvalue weighted by Gasteiger charge is 2.18. The van der Waals surface area contributed by atoms with Crippen LogP contribution in [0, 0.1) is 5.82 Å². The number of rotatable bonds is 3.